The summed E-state index contributed by atoms with van der Waals surface area (Å²) in [5.74, 6) is 0. The van der Waals surface area contributed by atoms with Crippen molar-refractivity contribution in [2.45, 2.75) is 207 Å². The molecular formula is C48H72Br2N2S2. The number of unbranched alkanes of at least 4 members (excludes halogenated alkanes) is 20. The van der Waals surface area contributed by atoms with Crippen molar-refractivity contribution in [2.24, 2.45) is 0 Å². The number of hydrogen-bond donors (Lipinski definition) is 0. The number of rotatable bonds is 30. The highest BCUT2D eigenvalue weighted by atomic mass is 79.9. The summed E-state index contributed by atoms with van der Waals surface area (Å²) in [5, 5.41) is 0. The zero-order valence-corrected chi connectivity index (χ0v) is 39.4. The quantitative estimate of drug-likeness (QED) is 0.0487. The van der Waals surface area contributed by atoms with E-state index in [0.717, 1.165) is 36.7 Å². The van der Waals surface area contributed by atoms with Crippen molar-refractivity contribution < 1.29 is 0 Å². The predicted octanol–water partition coefficient (Wildman–Crippen LogP) is 18.2. The van der Waals surface area contributed by atoms with Gasteiger partial charge < -0.3 is 0 Å². The van der Waals surface area contributed by atoms with Crippen LogP contribution in [0.25, 0.3) is 31.9 Å². The van der Waals surface area contributed by atoms with Crippen LogP contribution >= 0.6 is 54.5 Å². The number of fused-ring (bicyclic) bond motifs is 1. The van der Waals surface area contributed by atoms with Gasteiger partial charge in [-0.05, 0) is 106 Å². The van der Waals surface area contributed by atoms with Gasteiger partial charge in [-0.3, -0.25) is 0 Å². The molecule has 0 aliphatic carbocycles. The van der Waals surface area contributed by atoms with Crippen LogP contribution in [0.1, 0.15) is 204 Å². The molecule has 4 rings (SSSR count). The van der Waals surface area contributed by atoms with Crippen molar-refractivity contribution in [3.63, 3.8) is 0 Å². The SMILES string of the molecule is CCCCCCCCc1cc(Br)sc1-c1ccc(-c2sc(Br)cc2CCCCCCCC)c2nc(CCCCCCCC)c(CCCCCCCC)nc12. The molecule has 3 aromatic heterocycles. The maximum absolute atomic E-state index is 5.74. The van der Waals surface area contributed by atoms with Gasteiger partial charge in [-0.1, -0.05) is 168 Å². The van der Waals surface area contributed by atoms with Crippen molar-refractivity contribution in [1.29, 1.82) is 0 Å². The Morgan fingerprint density at radius 3 is 1.04 bits per heavy atom. The lowest BCUT2D eigenvalue weighted by Crippen LogP contribution is -2.05. The van der Waals surface area contributed by atoms with Crippen LogP contribution in [0.5, 0.6) is 0 Å². The number of hydrogen-bond acceptors (Lipinski definition) is 4. The fourth-order valence-corrected chi connectivity index (χ4v) is 11.4. The Balaban J connectivity index is 1.75. The van der Waals surface area contributed by atoms with Gasteiger partial charge in [0.25, 0.3) is 0 Å². The summed E-state index contributed by atoms with van der Waals surface area (Å²) < 4.78 is 2.44. The lowest BCUT2D eigenvalue weighted by atomic mass is 9.97. The van der Waals surface area contributed by atoms with Gasteiger partial charge in [-0.2, -0.15) is 0 Å². The Morgan fingerprint density at radius 2 is 0.704 bits per heavy atom. The second-order valence-corrected chi connectivity index (χ2v) is 20.7. The molecule has 0 unspecified atom stereocenters. The first-order valence-electron chi connectivity index (χ1n) is 22.4. The van der Waals surface area contributed by atoms with Gasteiger partial charge in [0.15, 0.2) is 0 Å². The van der Waals surface area contributed by atoms with Gasteiger partial charge >= 0.3 is 0 Å². The molecule has 4 aromatic rings. The highest BCUT2D eigenvalue weighted by Gasteiger charge is 2.22. The largest absolute Gasteiger partial charge is 0.249 e. The monoisotopic (exact) mass is 898 g/mol. The molecule has 0 fully saturated rings. The molecule has 0 aliphatic rings. The first-order chi connectivity index (χ1) is 26.5. The van der Waals surface area contributed by atoms with E-state index in [0.29, 0.717) is 0 Å². The summed E-state index contributed by atoms with van der Waals surface area (Å²) in [6.07, 6.45) is 35.8. The minimum Gasteiger partial charge on any atom is -0.249 e. The number of aromatic nitrogens is 2. The zero-order valence-electron chi connectivity index (χ0n) is 34.6. The third kappa shape index (κ3) is 15.0. The molecule has 1 aromatic carbocycles. The van der Waals surface area contributed by atoms with Crippen LogP contribution in [0.3, 0.4) is 0 Å². The second-order valence-electron chi connectivity index (χ2n) is 15.9. The van der Waals surface area contributed by atoms with E-state index in [-0.39, 0.29) is 0 Å². The van der Waals surface area contributed by atoms with Gasteiger partial charge in [-0.15, -0.1) is 22.7 Å². The molecule has 0 saturated carbocycles. The minimum absolute atomic E-state index is 1.04. The van der Waals surface area contributed by atoms with Crippen LogP contribution in [0.15, 0.2) is 31.8 Å². The summed E-state index contributed by atoms with van der Waals surface area (Å²) in [6.45, 7) is 9.22. The lowest BCUT2D eigenvalue weighted by molar-refractivity contribution is 0.593. The van der Waals surface area contributed by atoms with E-state index in [1.807, 2.05) is 22.7 Å². The van der Waals surface area contributed by atoms with Gasteiger partial charge in [0.1, 0.15) is 0 Å². The van der Waals surface area contributed by atoms with Gasteiger partial charge in [0, 0.05) is 20.9 Å². The number of nitrogens with zero attached hydrogens (tertiary/aromatic N) is 2. The lowest BCUT2D eigenvalue weighted by Gasteiger charge is -2.16. The fraction of sp³-hybridized carbons (Fsp3) is 0.667. The summed E-state index contributed by atoms with van der Waals surface area (Å²) in [7, 11) is 0. The van der Waals surface area contributed by atoms with Crippen LogP contribution in [-0.4, -0.2) is 9.97 Å². The van der Waals surface area contributed by atoms with E-state index in [1.54, 1.807) is 0 Å². The van der Waals surface area contributed by atoms with E-state index in [4.69, 9.17) is 9.97 Å². The molecule has 0 N–H and O–H groups in total. The highest BCUT2D eigenvalue weighted by molar-refractivity contribution is 9.11. The molecule has 0 spiro atoms. The van der Waals surface area contributed by atoms with Crippen molar-refractivity contribution in [3.8, 4) is 20.9 Å². The second kappa shape index (κ2) is 26.8. The predicted molar refractivity (Wildman–Crippen MR) is 250 cm³/mol. The molecule has 0 atom stereocenters. The van der Waals surface area contributed by atoms with E-state index >= 15 is 0 Å². The first-order valence-corrected chi connectivity index (χ1v) is 25.6. The Hall–Kier alpha value is -1.08. The maximum atomic E-state index is 5.74. The van der Waals surface area contributed by atoms with Gasteiger partial charge in [0.2, 0.25) is 0 Å². The molecule has 0 aliphatic heterocycles. The highest BCUT2D eigenvalue weighted by Crippen LogP contribution is 2.45. The molecule has 0 bridgehead atoms. The van der Waals surface area contributed by atoms with Gasteiger partial charge in [-0.25, -0.2) is 9.97 Å². The van der Waals surface area contributed by atoms with Crippen molar-refractivity contribution >= 4 is 65.6 Å². The molecule has 3 heterocycles. The average Bonchev–Trinajstić information content (AvgIpc) is 3.74. The summed E-state index contributed by atoms with van der Waals surface area (Å²) in [6, 6.07) is 9.58. The minimum atomic E-state index is 1.04. The summed E-state index contributed by atoms with van der Waals surface area (Å²) in [5.41, 5.74) is 10.3. The van der Waals surface area contributed by atoms with Gasteiger partial charge in [0.05, 0.1) is 30.0 Å². The molecule has 0 saturated heterocycles. The normalized spacial score (nSPS) is 11.7. The molecule has 0 amide bonds. The van der Waals surface area contributed by atoms with E-state index < -0.39 is 0 Å². The standard InChI is InChI=1S/C48H72Br2N2S2/c1-5-9-13-17-21-25-29-37-35-43(49)53-47(37)39-33-34-40(48-38(36-44(50)54-48)30-26-22-18-14-10-6-2)46-45(39)51-41(31-27-23-19-15-11-7-3)42(52-46)32-28-24-20-16-12-8-4/h33-36H,5-32H2,1-4H3. The Labute approximate surface area is 355 Å². The first kappa shape index (κ1) is 45.6. The van der Waals surface area contributed by atoms with Crippen molar-refractivity contribution in [2.75, 3.05) is 0 Å². The van der Waals surface area contributed by atoms with E-state index in [2.05, 4.69) is 83.8 Å². The molecule has 2 nitrogen and oxygen atoms in total. The summed E-state index contributed by atoms with van der Waals surface area (Å²) >= 11 is 11.6. The van der Waals surface area contributed by atoms with Crippen LogP contribution in [0, 0.1) is 0 Å². The Kier molecular flexibility index (Phi) is 22.6. The summed E-state index contributed by atoms with van der Waals surface area (Å²) in [4.78, 5) is 14.3. The number of halogens is 2. The number of thiophene rings is 2. The topological polar surface area (TPSA) is 25.8 Å². The number of aryl methyl sites for hydroxylation is 4. The fourth-order valence-electron chi connectivity index (χ4n) is 7.93. The molecule has 0 radical (unpaired) electrons. The van der Waals surface area contributed by atoms with Crippen LogP contribution in [0.4, 0.5) is 0 Å². The van der Waals surface area contributed by atoms with E-state index in [9.17, 15) is 0 Å². The van der Waals surface area contributed by atoms with Crippen LogP contribution in [-0.2, 0) is 25.7 Å². The van der Waals surface area contributed by atoms with Crippen LogP contribution in [0.2, 0.25) is 0 Å². The molecule has 300 valence electrons. The average molecular weight is 901 g/mol. The third-order valence-corrected chi connectivity index (χ3v) is 14.6. The Bertz CT molecular complexity index is 1500. The number of benzene rings is 1. The smallest absolute Gasteiger partial charge is 0.0983 e. The Morgan fingerprint density at radius 1 is 0.407 bits per heavy atom. The van der Waals surface area contributed by atoms with E-state index in [1.165, 1.54) is 205 Å². The zero-order chi connectivity index (χ0) is 38.4. The molecule has 6 heteroatoms. The maximum Gasteiger partial charge on any atom is 0.0983 e. The third-order valence-electron chi connectivity index (χ3n) is 11.2. The van der Waals surface area contributed by atoms with Crippen molar-refractivity contribution in [1.82, 2.24) is 9.97 Å². The molecule has 54 heavy (non-hydrogen) atoms. The van der Waals surface area contributed by atoms with Crippen molar-refractivity contribution in [3.05, 3.63) is 54.4 Å². The van der Waals surface area contributed by atoms with Crippen LogP contribution < -0.4 is 0 Å². The molecular weight excluding hydrogens is 828 g/mol.